The Morgan fingerprint density at radius 2 is 2.00 bits per heavy atom. The number of hydrogen-bond acceptors (Lipinski definition) is 6. The molecule has 1 N–H and O–H groups in total. The van der Waals surface area contributed by atoms with Gasteiger partial charge in [-0.3, -0.25) is 4.79 Å². The summed E-state index contributed by atoms with van der Waals surface area (Å²) in [6, 6.07) is 0.913. The summed E-state index contributed by atoms with van der Waals surface area (Å²) in [5.74, 6) is -2.13. The highest BCUT2D eigenvalue weighted by Crippen LogP contribution is 2.38. The van der Waals surface area contributed by atoms with Crippen molar-refractivity contribution in [3.05, 3.63) is 46.5 Å². The van der Waals surface area contributed by atoms with Gasteiger partial charge in [-0.2, -0.15) is 0 Å². The molecule has 0 amide bonds. The predicted molar refractivity (Wildman–Crippen MR) is 91.7 cm³/mol. The highest BCUT2D eigenvalue weighted by Gasteiger charge is 2.27. The lowest BCUT2D eigenvalue weighted by molar-refractivity contribution is -0.367. The molecular weight excluding hydrogens is 367 g/mol. The normalized spacial score (nSPS) is 21.3. The van der Waals surface area contributed by atoms with Crippen LogP contribution in [0.25, 0.3) is 0 Å². The van der Waals surface area contributed by atoms with Gasteiger partial charge < -0.3 is 14.7 Å². The first-order valence-corrected chi connectivity index (χ1v) is 8.36. The summed E-state index contributed by atoms with van der Waals surface area (Å²) in [6.45, 7) is 1.70. The number of aromatic hydroxyl groups is 1. The zero-order chi connectivity index (χ0) is 19.1. The quantitative estimate of drug-likeness (QED) is 0.356. The van der Waals surface area contributed by atoms with Crippen molar-refractivity contribution in [3.8, 4) is 11.5 Å². The highest BCUT2D eigenvalue weighted by atomic mass is 35.5. The number of esters is 1. The van der Waals surface area contributed by atoms with Crippen LogP contribution in [0.3, 0.4) is 0 Å². The summed E-state index contributed by atoms with van der Waals surface area (Å²) in [5.41, 5.74) is -0.297. The summed E-state index contributed by atoms with van der Waals surface area (Å²) >= 11 is 6.12. The van der Waals surface area contributed by atoms with Crippen LogP contribution in [0.1, 0.15) is 42.1 Å². The van der Waals surface area contributed by atoms with Gasteiger partial charge in [-0.1, -0.05) is 29.8 Å². The molecule has 1 aliphatic rings. The fraction of sp³-hybridized carbons (Fsp3) is 0.333. The molecule has 6 nitrogen and oxygen atoms in total. The van der Waals surface area contributed by atoms with E-state index in [1.165, 1.54) is 6.08 Å². The Kier molecular flexibility index (Phi) is 7.17. The van der Waals surface area contributed by atoms with E-state index in [1.807, 2.05) is 12.2 Å². The van der Waals surface area contributed by atoms with Gasteiger partial charge in [-0.25, -0.2) is 4.79 Å². The van der Waals surface area contributed by atoms with Gasteiger partial charge in [-0.15, -0.1) is 0 Å². The number of rotatable bonds is 2. The van der Waals surface area contributed by atoms with Crippen molar-refractivity contribution in [2.45, 2.75) is 38.7 Å². The number of benzene rings is 1. The minimum absolute atomic E-state index is 0.0295. The van der Waals surface area contributed by atoms with E-state index in [-0.39, 0.29) is 34.1 Å². The molecule has 0 bridgehead atoms. The molecule has 0 aromatic heterocycles. The van der Waals surface area contributed by atoms with Crippen LogP contribution < -0.4 is 4.89 Å². The van der Waals surface area contributed by atoms with E-state index >= 15 is 0 Å². The van der Waals surface area contributed by atoms with Crippen molar-refractivity contribution in [1.29, 1.82) is 0 Å². The Morgan fingerprint density at radius 1 is 1.27 bits per heavy atom. The van der Waals surface area contributed by atoms with Crippen LogP contribution in [0.4, 0.5) is 4.53 Å². The number of carbonyl (C=O) groups is 2. The van der Waals surface area contributed by atoms with Crippen LogP contribution in [-0.4, -0.2) is 23.0 Å². The number of hydrogen-bond donors (Lipinski definition) is 1. The third-order valence-electron chi connectivity index (χ3n) is 3.73. The number of ether oxygens (including phenoxy) is 1. The van der Waals surface area contributed by atoms with E-state index in [1.54, 1.807) is 13.0 Å². The largest absolute Gasteiger partial charge is 0.507 e. The lowest BCUT2D eigenvalue weighted by Crippen LogP contribution is -2.17. The number of ketones is 1. The van der Waals surface area contributed by atoms with Crippen molar-refractivity contribution in [1.82, 2.24) is 0 Å². The van der Waals surface area contributed by atoms with Crippen molar-refractivity contribution < 1.29 is 33.9 Å². The molecule has 1 aromatic carbocycles. The summed E-state index contributed by atoms with van der Waals surface area (Å²) < 4.78 is 17.3. The predicted octanol–water partition coefficient (Wildman–Crippen LogP) is 4.19. The smallest absolute Gasteiger partial charge is 0.342 e. The standard InChI is InChI=1S/C18H18ClFO6/c1-11-7-5-3-2-4-6-8-12(21)9-13-16(18(23)24-11)14(22)10-15(17(13)19)25-26-20/h3,5-6,8,10-11,22H,2,4,7,9H2,1H3/b5-3+,8-6+/t11-/m1/s1. The Balaban J connectivity index is 2.52. The zero-order valence-corrected chi connectivity index (χ0v) is 14.8. The molecular formula is C18H18ClFO6. The van der Waals surface area contributed by atoms with E-state index in [4.69, 9.17) is 16.3 Å². The number of carbonyl (C=O) groups excluding carboxylic acids is 2. The zero-order valence-electron chi connectivity index (χ0n) is 14.0. The first-order valence-electron chi connectivity index (χ1n) is 7.99. The Bertz CT molecular complexity index is 744. The average Bonchev–Trinajstić information content (AvgIpc) is 2.57. The minimum Gasteiger partial charge on any atom is -0.507 e. The van der Waals surface area contributed by atoms with E-state index in [0.717, 1.165) is 12.5 Å². The Labute approximate surface area is 154 Å². The van der Waals surface area contributed by atoms with Crippen molar-refractivity contribution in [2.24, 2.45) is 0 Å². The van der Waals surface area contributed by atoms with Gasteiger partial charge in [0.2, 0.25) is 0 Å². The molecule has 140 valence electrons. The first kappa shape index (κ1) is 19.9. The number of allylic oxidation sites excluding steroid dienone is 3. The van der Waals surface area contributed by atoms with E-state index in [9.17, 15) is 19.2 Å². The van der Waals surface area contributed by atoms with Crippen molar-refractivity contribution >= 4 is 23.4 Å². The summed E-state index contributed by atoms with van der Waals surface area (Å²) in [4.78, 5) is 28.9. The van der Waals surface area contributed by atoms with Crippen LogP contribution in [0.5, 0.6) is 11.5 Å². The molecule has 0 radical (unpaired) electrons. The molecule has 0 fully saturated rings. The summed E-state index contributed by atoms with van der Waals surface area (Å²) in [7, 11) is 0. The monoisotopic (exact) mass is 384 g/mol. The summed E-state index contributed by atoms with van der Waals surface area (Å²) in [6.07, 6.45) is 8.04. The second kappa shape index (κ2) is 9.35. The van der Waals surface area contributed by atoms with Crippen LogP contribution >= 0.6 is 11.6 Å². The molecule has 0 saturated carbocycles. The number of halogens is 2. The van der Waals surface area contributed by atoms with Gasteiger partial charge >= 0.3 is 5.97 Å². The average molecular weight is 385 g/mol. The van der Waals surface area contributed by atoms with Gasteiger partial charge in [0, 0.05) is 29.6 Å². The molecule has 1 aromatic rings. The molecule has 2 rings (SSSR count). The van der Waals surface area contributed by atoms with Crippen LogP contribution in [-0.2, 0) is 21.0 Å². The van der Waals surface area contributed by atoms with Gasteiger partial charge in [-0.05, 0) is 30.4 Å². The molecule has 0 spiro atoms. The maximum Gasteiger partial charge on any atom is 0.342 e. The Morgan fingerprint density at radius 3 is 2.73 bits per heavy atom. The summed E-state index contributed by atoms with van der Waals surface area (Å²) in [5, 5.41) is 13.0. The maximum atomic E-state index is 12.5. The molecule has 1 heterocycles. The van der Waals surface area contributed by atoms with Gasteiger partial charge in [0.15, 0.2) is 11.5 Å². The Hall–Kier alpha value is -2.38. The lowest BCUT2D eigenvalue weighted by Gasteiger charge is -2.17. The molecule has 26 heavy (non-hydrogen) atoms. The lowest BCUT2D eigenvalue weighted by atomic mass is 9.99. The van der Waals surface area contributed by atoms with Gasteiger partial charge in [0.25, 0.3) is 0 Å². The second-order valence-electron chi connectivity index (χ2n) is 5.75. The minimum atomic E-state index is -0.846. The van der Waals surface area contributed by atoms with Crippen LogP contribution in [0.2, 0.25) is 5.02 Å². The van der Waals surface area contributed by atoms with Crippen molar-refractivity contribution in [2.75, 3.05) is 0 Å². The van der Waals surface area contributed by atoms with Crippen LogP contribution in [0, 0.1) is 0 Å². The van der Waals surface area contributed by atoms with Crippen LogP contribution in [0.15, 0.2) is 30.4 Å². The van der Waals surface area contributed by atoms with E-state index in [2.05, 4.69) is 9.98 Å². The number of fused-ring (bicyclic) bond motifs is 1. The molecule has 0 aliphatic carbocycles. The second-order valence-corrected chi connectivity index (χ2v) is 6.13. The molecule has 1 aliphatic heterocycles. The topological polar surface area (TPSA) is 82.1 Å². The first-order chi connectivity index (χ1) is 12.4. The van der Waals surface area contributed by atoms with Gasteiger partial charge in [0.05, 0.1) is 5.02 Å². The fourth-order valence-electron chi connectivity index (χ4n) is 2.50. The number of phenols is 1. The number of phenolic OH excluding ortho intramolecular Hbond substituents is 1. The highest BCUT2D eigenvalue weighted by molar-refractivity contribution is 6.33. The fourth-order valence-corrected chi connectivity index (χ4v) is 2.74. The van der Waals surface area contributed by atoms with E-state index < -0.39 is 17.8 Å². The van der Waals surface area contributed by atoms with E-state index in [0.29, 0.717) is 12.8 Å². The van der Waals surface area contributed by atoms with Crippen molar-refractivity contribution in [3.63, 3.8) is 0 Å². The maximum absolute atomic E-state index is 12.5. The molecule has 1 atom stereocenters. The third-order valence-corrected chi connectivity index (χ3v) is 4.14. The van der Waals surface area contributed by atoms with Gasteiger partial charge in [0.1, 0.15) is 17.4 Å². The molecule has 8 heteroatoms. The molecule has 0 unspecified atom stereocenters. The third kappa shape index (κ3) is 5.06. The SMILES string of the molecule is C[C@@H]1C/C=C/CC/C=C/C(=O)Cc2c(Cl)c(OOF)cc(O)c2C(=O)O1. The number of cyclic esters (lactones) is 1. The molecule has 0 saturated heterocycles.